The highest BCUT2D eigenvalue weighted by atomic mass is 16.7. The van der Waals surface area contributed by atoms with Gasteiger partial charge in [-0.1, -0.05) is 11.3 Å². The van der Waals surface area contributed by atoms with Crippen molar-refractivity contribution in [3.05, 3.63) is 44.0 Å². The molecule has 9 heteroatoms. The van der Waals surface area contributed by atoms with E-state index in [0.717, 1.165) is 6.08 Å². The third kappa shape index (κ3) is 1.69. The molecule has 0 spiro atoms. The Morgan fingerprint density at radius 2 is 1.94 bits per heavy atom. The number of aromatic amines is 3. The predicted octanol–water partition coefficient (Wildman–Crippen LogP) is -2.15. The molecule has 0 fully saturated rings. The van der Waals surface area contributed by atoms with E-state index in [2.05, 4.69) is 26.4 Å². The highest BCUT2D eigenvalue weighted by Crippen LogP contribution is 1.91. The van der Waals surface area contributed by atoms with Crippen LogP contribution >= 0.6 is 0 Å². The first-order valence-corrected chi connectivity index (χ1v) is 4.35. The summed E-state index contributed by atoms with van der Waals surface area (Å²) < 4.78 is 0.191. The molecule has 0 saturated heterocycles. The second-order valence-electron chi connectivity index (χ2n) is 2.97. The van der Waals surface area contributed by atoms with Crippen LogP contribution in [0.15, 0.2) is 27.0 Å². The largest absolute Gasteiger partial charge is 0.364 e. The van der Waals surface area contributed by atoms with Crippen LogP contribution in [-0.4, -0.2) is 25.7 Å². The lowest BCUT2D eigenvalue weighted by molar-refractivity contribution is -0.139. The zero-order valence-electron chi connectivity index (χ0n) is 8.27. The third-order valence-corrected chi connectivity index (χ3v) is 1.89. The van der Waals surface area contributed by atoms with Crippen LogP contribution in [0.3, 0.4) is 0 Å². The third-order valence-electron chi connectivity index (χ3n) is 1.89. The molecule has 2 aromatic heterocycles. The van der Waals surface area contributed by atoms with Gasteiger partial charge in [-0.2, -0.15) is 0 Å². The summed E-state index contributed by atoms with van der Waals surface area (Å²) in [6, 6.07) is 0. The second kappa shape index (κ2) is 3.63. The maximum absolute atomic E-state index is 11.7. The van der Waals surface area contributed by atoms with Gasteiger partial charge in [0, 0.05) is 6.08 Å². The molecule has 3 N–H and O–H groups in total. The van der Waals surface area contributed by atoms with Gasteiger partial charge in [-0.25, -0.2) is 14.4 Å². The van der Waals surface area contributed by atoms with E-state index >= 15 is 0 Å². The highest BCUT2D eigenvalue weighted by molar-refractivity contribution is 5.81. The average Bonchev–Trinajstić information content (AvgIpc) is 2.64. The van der Waals surface area contributed by atoms with Gasteiger partial charge in [-0.05, 0) is 0 Å². The number of nitrogens with one attached hydrogen (secondary N) is 3. The quantitative estimate of drug-likeness (QED) is 0.513. The summed E-state index contributed by atoms with van der Waals surface area (Å²) in [7, 11) is 0. The maximum Gasteiger partial charge on any atom is 0.364 e. The second-order valence-corrected chi connectivity index (χ2v) is 2.97. The summed E-state index contributed by atoms with van der Waals surface area (Å²) in [4.78, 5) is 55.8. The number of carbonyl (C=O) groups excluding carboxylic acids is 1. The van der Waals surface area contributed by atoms with Gasteiger partial charge in [-0.15, -0.1) is 0 Å². The number of aromatic nitrogens is 4. The molecule has 88 valence electrons. The summed E-state index contributed by atoms with van der Waals surface area (Å²) >= 11 is 0. The Morgan fingerprint density at radius 1 is 1.24 bits per heavy atom. The molecule has 2 heterocycles. The minimum Gasteiger partial charge on any atom is -0.324 e. The van der Waals surface area contributed by atoms with Crippen molar-refractivity contribution in [2.75, 3.05) is 0 Å². The van der Waals surface area contributed by atoms with Gasteiger partial charge in [0.15, 0.2) is 5.52 Å². The van der Waals surface area contributed by atoms with E-state index in [1.54, 1.807) is 0 Å². The number of rotatable bonds is 2. The van der Waals surface area contributed by atoms with Crippen LogP contribution < -0.4 is 21.8 Å². The normalized spacial score (nSPS) is 10.4. The van der Waals surface area contributed by atoms with E-state index in [1.807, 2.05) is 0 Å². The number of H-pyrrole nitrogens is 3. The molecule has 2 aromatic rings. The predicted molar refractivity (Wildman–Crippen MR) is 55.6 cm³/mol. The molecular formula is C8H6N4O5. The average molecular weight is 238 g/mol. The van der Waals surface area contributed by atoms with Crippen molar-refractivity contribution in [2.24, 2.45) is 0 Å². The zero-order chi connectivity index (χ0) is 12.6. The Kier molecular flexibility index (Phi) is 2.28. The Hall–Kier alpha value is -2.84. The van der Waals surface area contributed by atoms with Gasteiger partial charge >= 0.3 is 22.9 Å². The fourth-order valence-corrected chi connectivity index (χ4v) is 1.20. The van der Waals surface area contributed by atoms with Crippen LogP contribution in [0.25, 0.3) is 11.2 Å². The van der Waals surface area contributed by atoms with Crippen molar-refractivity contribution in [3.63, 3.8) is 0 Å². The summed E-state index contributed by atoms with van der Waals surface area (Å²) in [6.07, 6.45) is 0.788. The van der Waals surface area contributed by atoms with Crippen LogP contribution in [0.4, 0.5) is 0 Å². The lowest BCUT2D eigenvalue weighted by Gasteiger charge is -2.01. The first-order chi connectivity index (χ1) is 8.02. The van der Waals surface area contributed by atoms with Crippen molar-refractivity contribution in [3.8, 4) is 0 Å². The summed E-state index contributed by atoms with van der Waals surface area (Å²) in [6.45, 7) is 3.12. The fourth-order valence-electron chi connectivity index (χ4n) is 1.20. The molecule has 0 aliphatic rings. The summed E-state index contributed by atoms with van der Waals surface area (Å²) in [5, 5.41) is 0. The van der Waals surface area contributed by atoms with Gasteiger partial charge in [0.25, 0.3) is 0 Å². The molecule has 0 saturated carbocycles. The summed E-state index contributed by atoms with van der Waals surface area (Å²) in [5.74, 6) is -0.977. The molecule has 0 radical (unpaired) electrons. The van der Waals surface area contributed by atoms with Crippen molar-refractivity contribution in [1.29, 1.82) is 0 Å². The molecule has 2 rings (SSSR count). The van der Waals surface area contributed by atoms with Crippen molar-refractivity contribution in [1.82, 2.24) is 19.7 Å². The topological polar surface area (TPSA) is 130 Å². The first-order valence-electron chi connectivity index (χ1n) is 4.35. The van der Waals surface area contributed by atoms with Gasteiger partial charge in [0.05, 0.1) is 0 Å². The maximum atomic E-state index is 11.7. The lowest BCUT2D eigenvalue weighted by Crippen LogP contribution is -2.41. The van der Waals surface area contributed by atoms with Crippen LogP contribution in [0.5, 0.6) is 0 Å². The monoisotopic (exact) mass is 238 g/mol. The Balaban J connectivity index is 2.76. The van der Waals surface area contributed by atoms with Crippen LogP contribution in [0, 0.1) is 0 Å². The number of fused-ring (bicyclic) bond motifs is 1. The Morgan fingerprint density at radius 3 is 2.59 bits per heavy atom. The van der Waals surface area contributed by atoms with Crippen LogP contribution in [0.2, 0.25) is 0 Å². The van der Waals surface area contributed by atoms with E-state index in [0.29, 0.717) is 0 Å². The SMILES string of the molecule is C=CC(=O)On1c(=O)[nH]c2[nH]c(=O)[nH]c2c1=O. The molecule has 17 heavy (non-hydrogen) atoms. The number of nitrogens with zero attached hydrogens (tertiary/aromatic N) is 1. The molecule has 0 unspecified atom stereocenters. The Labute approximate surface area is 91.3 Å². The lowest BCUT2D eigenvalue weighted by atomic mass is 10.5. The van der Waals surface area contributed by atoms with E-state index in [9.17, 15) is 19.2 Å². The molecule has 0 amide bonds. The smallest absolute Gasteiger partial charge is 0.324 e. The van der Waals surface area contributed by atoms with Gasteiger partial charge in [0.2, 0.25) is 0 Å². The molecule has 0 bridgehead atoms. The molecule has 0 aromatic carbocycles. The fraction of sp³-hybridized carbons (Fsp3) is 0. The molecular weight excluding hydrogens is 232 g/mol. The Bertz CT molecular complexity index is 774. The molecule has 9 nitrogen and oxygen atoms in total. The van der Waals surface area contributed by atoms with Gasteiger partial charge in [-0.3, -0.25) is 19.7 Å². The van der Waals surface area contributed by atoms with Crippen molar-refractivity contribution in [2.45, 2.75) is 0 Å². The van der Waals surface area contributed by atoms with Gasteiger partial charge < -0.3 is 4.84 Å². The van der Waals surface area contributed by atoms with Crippen LogP contribution in [0.1, 0.15) is 0 Å². The first kappa shape index (κ1) is 10.7. The minimum atomic E-state index is -0.993. The number of imidazole rings is 1. The number of carbonyl (C=O) groups is 1. The zero-order valence-corrected chi connectivity index (χ0v) is 8.27. The summed E-state index contributed by atoms with van der Waals surface area (Å²) in [5.41, 5.74) is -2.90. The van der Waals surface area contributed by atoms with E-state index in [1.165, 1.54) is 0 Å². The van der Waals surface area contributed by atoms with Crippen molar-refractivity contribution < 1.29 is 9.63 Å². The standard InChI is InChI=1S/C8H6N4O5/c1-2-3(13)17-12-6(14)4-5(11-8(12)16)10-7(15)9-4/h2H,1H2,(H,11,16)(H2,9,10,15). The number of hydrogen-bond acceptors (Lipinski definition) is 5. The van der Waals surface area contributed by atoms with Crippen LogP contribution in [-0.2, 0) is 4.79 Å². The van der Waals surface area contributed by atoms with Gasteiger partial charge in [0.1, 0.15) is 5.65 Å². The van der Waals surface area contributed by atoms with E-state index in [-0.39, 0.29) is 15.9 Å². The highest BCUT2D eigenvalue weighted by Gasteiger charge is 2.12. The van der Waals surface area contributed by atoms with E-state index in [4.69, 9.17) is 0 Å². The number of hydrogen-bond donors (Lipinski definition) is 3. The molecule has 0 aliphatic heterocycles. The van der Waals surface area contributed by atoms with Crippen molar-refractivity contribution >= 4 is 17.1 Å². The minimum absolute atomic E-state index is 0.0732. The molecule has 0 aliphatic carbocycles. The van der Waals surface area contributed by atoms with E-state index < -0.39 is 22.9 Å². The molecule has 0 atom stereocenters.